The average Bonchev–Trinajstić information content (AvgIpc) is 1.81. The first-order valence-electron chi connectivity index (χ1n) is 3.91. The molecular formula is C7H19BCl2. The normalized spacial score (nSPS) is 7.70. The van der Waals surface area contributed by atoms with Crippen molar-refractivity contribution < 1.29 is 0 Å². The minimum atomic E-state index is 0. The molecule has 0 aliphatic carbocycles. The maximum atomic E-state index is 2.26. The van der Waals surface area contributed by atoms with Gasteiger partial charge in [0.2, 0.25) is 0 Å². The smallest absolute Gasteiger partial charge is 0.101 e. The van der Waals surface area contributed by atoms with Crippen LogP contribution in [-0.4, -0.2) is 7.85 Å². The highest BCUT2D eigenvalue weighted by Gasteiger charge is 1.83. The van der Waals surface area contributed by atoms with Crippen LogP contribution in [0.4, 0.5) is 0 Å². The van der Waals surface area contributed by atoms with Crippen LogP contribution in [0.2, 0.25) is 6.32 Å². The van der Waals surface area contributed by atoms with Crippen molar-refractivity contribution in [2.24, 2.45) is 0 Å². The van der Waals surface area contributed by atoms with Crippen LogP contribution in [0.3, 0.4) is 0 Å². The number of unbranched alkanes of at least 4 members (excludes halogenated alkanes) is 4. The van der Waals surface area contributed by atoms with Crippen molar-refractivity contribution in [3.63, 3.8) is 0 Å². The van der Waals surface area contributed by atoms with Gasteiger partial charge in [0.1, 0.15) is 7.85 Å². The zero-order valence-electron chi connectivity index (χ0n) is 7.06. The predicted molar refractivity (Wildman–Crippen MR) is 56.6 cm³/mol. The first-order valence-corrected chi connectivity index (χ1v) is 3.91. The van der Waals surface area contributed by atoms with E-state index in [0.717, 1.165) is 0 Å². The Morgan fingerprint density at radius 1 is 0.900 bits per heavy atom. The minimum Gasteiger partial charge on any atom is -0.147 e. The van der Waals surface area contributed by atoms with Crippen molar-refractivity contribution in [3.05, 3.63) is 0 Å². The summed E-state index contributed by atoms with van der Waals surface area (Å²) in [5.74, 6) is 0. The third-order valence-corrected chi connectivity index (χ3v) is 1.46. The van der Waals surface area contributed by atoms with Crippen molar-refractivity contribution in [1.82, 2.24) is 0 Å². The van der Waals surface area contributed by atoms with E-state index in [4.69, 9.17) is 0 Å². The third-order valence-electron chi connectivity index (χ3n) is 1.46. The van der Waals surface area contributed by atoms with Crippen LogP contribution in [0.15, 0.2) is 0 Å². The topological polar surface area (TPSA) is 0 Å². The summed E-state index contributed by atoms with van der Waals surface area (Å²) in [5.41, 5.74) is 0. The molecule has 0 aliphatic rings. The molecule has 0 bridgehead atoms. The molecule has 0 radical (unpaired) electrons. The van der Waals surface area contributed by atoms with E-state index in [0.29, 0.717) is 0 Å². The van der Waals surface area contributed by atoms with Crippen molar-refractivity contribution >= 4 is 32.7 Å². The van der Waals surface area contributed by atoms with Gasteiger partial charge in [0, 0.05) is 0 Å². The van der Waals surface area contributed by atoms with Gasteiger partial charge >= 0.3 is 0 Å². The highest BCUT2D eigenvalue weighted by molar-refractivity contribution is 6.08. The van der Waals surface area contributed by atoms with E-state index in [1.54, 1.807) is 0 Å². The van der Waals surface area contributed by atoms with Gasteiger partial charge < -0.3 is 0 Å². The third kappa shape index (κ3) is 15.9. The fourth-order valence-electron chi connectivity index (χ4n) is 0.854. The van der Waals surface area contributed by atoms with E-state index in [2.05, 4.69) is 14.8 Å². The van der Waals surface area contributed by atoms with Crippen LogP contribution in [0.1, 0.15) is 39.0 Å². The van der Waals surface area contributed by atoms with E-state index in [1.165, 1.54) is 38.4 Å². The second-order valence-corrected chi connectivity index (χ2v) is 2.41. The molecule has 64 valence electrons. The molecule has 10 heavy (non-hydrogen) atoms. The number of hydrogen-bond acceptors (Lipinski definition) is 0. The van der Waals surface area contributed by atoms with Gasteiger partial charge in [-0.2, -0.15) is 0 Å². The highest BCUT2D eigenvalue weighted by atomic mass is 35.5. The summed E-state index contributed by atoms with van der Waals surface area (Å²) >= 11 is 0. The average molecular weight is 185 g/mol. The molecule has 0 nitrogen and oxygen atoms in total. The van der Waals surface area contributed by atoms with E-state index in [1.807, 2.05) is 0 Å². The zero-order chi connectivity index (χ0) is 6.24. The van der Waals surface area contributed by atoms with Crippen LogP contribution in [0.25, 0.3) is 0 Å². The van der Waals surface area contributed by atoms with Crippen LogP contribution < -0.4 is 0 Å². The lowest BCUT2D eigenvalue weighted by Crippen LogP contribution is -1.75. The van der Waals surface area contributed by atoms with Gasteiger partial charge in [0.05, 0.1) is 0 Å². The molecule has 0 amide bonds. The molecule has 3 heteroatoms. The lowest BCUT2D eigenvalue weighted by atomic mass is 9.99. The number of halogens is 2. The molecule has 0 aromatic carbocycles. The monoisotopic (exact) mass is 184 g/mol. The molecule has 0 N–H and O–H groups in total. The Morgan fingerprint density at radius 3 is 1.80 bits per heavy atom. The van der Waals surface area contributed by atoms with Gasteiger partial charge in [-0.1, -0.05) is 45.3 Å². The van der Waals surface area contributed by atoms with E-state index in [9.17, 15) is 0 Å². The summed E-state index contributed by atoms with van der Waals surface area (Å²) in [6, 6.07) is 0. The molecular weight excluding hydrogens is 166 g/mol. The van der Waals surface area contributed by atoms with Crippen LogP contribution >= 0.6 is 24.8 Å². The van der Waals surface area contributed by atoms with Gasteiger partial charge in [-0.25, -0.2) is 0 Å². The molecule has 0 aliphatic heterocycles. The Balaban J connectivity index is -0.000000245. The van der Waals surface area contributed by atoms with Gasteiger partial charge in [-0.05, 0) is 0 Å². The number of rotatable bonds is 5. The lowest BCUT2D eigenvalue weighted by Gasteiger charge is -1.93. The van der Waals surface area contributed by atoms with Gasteiger partial charge in [-0.15, -0.1) is 24.8 Å². The lowest BCUT2D eigenvalue weighted by molar-refractivity contribution is 0.656. The SMILES string of the molecule is BCCCCCCC.Cl.Cl. The van der Waals surface area contributed by atoms with Crippen molar-refractivity contribution in [3.8, 4) is 0 Å². The summed E-state index contributed by atoms with van der Waals surface area (Å²) in [6.07, 6.45) is 8.49. The van der Waals surface area contributed by atoms with E-state index in [-0.39, 0.29) is 24.8 Å². The maximum absolute atomic E-state index is 2.26. The Kier molecular flexibility index (Phi) is 27.7. The number of hydrogen-bond donors (Lipinski definition) is 0. The second kappa shape index (κ2) is 16.3. The molecule has 0 saturated heterocycles. The first-order chi connectivity index (χ1) is 3.91. The Hall–Kier alpha value is 0.645. The summed E-state index contributed by atoms with van der Waals surface area (Å²) in [7, 11) is 2.26. The minimum absolute atomic E-state index is 0. The zero-order valence-corrected chi connectivity index (χ0v) is 8.69. The van der Waals surface area contributed by atoms with Crippen molar-refractivity contribution in [2.75, 3.05) is 0 Å². The van der Waals surface area contributed by atoms with Crippen molar-refractivity contribution in [2.45, 2.75) is 45.3 Å². The molecule has 0 spiro atoms. The summed E-state index contributed by atoms with van der Waals surface area (Å²) in [4.78, 5) is 0. The van der Waals surface area contributed by atoms with E-state index >= 15 is 0 Å². The molecule has 0 aromatic heterocycles. The molecule has 0 aromatic rings. The fourth-order valence-corrected chi connectivity index (χ4v) is 0.854. The summed E-state index contributed by atoms with van der Waals surface area (Å²) in [6.45, 7) is 2.26. The maximum Gasteiger partial charge on any atom is 0.101 e. The van der Waals surface area contributed by atoms with E-state index < -0.39 is 0 Å². The molecule has 0 atom stereocenters. The quantitative estimate of drug-likeness (QED) is 0.456. The molecule has 0 unspecified atom stereocenters. The summed E-state index contributed by atoms with van der Waals surface area (Å²) in [5, 5.41) is 0. The fraction of sp³-hybridized carbons (Fsp3) is 1.00. The van der Waals surface area contributed by atoms with Gasteiger partial charge in [0.25, 0.3) is 0 Å². The van der Waals surface area contributed by atoms with Crippen molar-refractivity contribution in [1.29, 1.82) is 0 Å². The first kappa shape index (κ1) is 16.9. The summed E-state index contributed by atoms with van der Waals surface area (Å²) < 4.78 is 0. The van der Waals surface area contributed by atoms with Crippen LogP contribution in [0.5, 0.6) is 0 Å². The predicted octanol–water partition coefficient (Wildman–Crippen LogP) is 2.85. The second-order valence-electron chi connectivity index (χ2n) is 2.41. The molecule has 0 heterocycles. The Labute approximate surface area is 78.4 Å². The Morgan fingerprint density at radius 2 is 1.40 bits per heavy atom. The van der Waals surface area contributed by atoms with Gasteiger partial charge in [-0.3, -0.25) is 0 Å². The molecule has 0 fully saturated rings. The van der Waals surface area contributed by atoms with Crippen LogP contribution in [-0.2, 0) is 0 Å². The largest absolute Gasteiger partial charge is 0.147 e. The van der Waals surface area contributed by atoms with Crippen LogP contribution in [0, 0.1) is 0 Å². The highest BCUT2D eigenvalue weighted by Crippen LogP contribution is 2.02. The molecule has 0 saturated carbocycles. The standard InChI is InChI=1S/C7H17B.2ClH/c1-2-3-4-5-6-7-8;;/h2-8H2,1H3;2*1H. The molecule has 0 rings (SSSR count). The Bertz CT molecular complexity index is 36.6. The van der Waals surface area contributed by atoms with Gasteiger partial charge in [0.15, 0.2) is 0 Å².